The second kappa shape index (κ2) is 7.73. The van der Waals surface area contributed by atoms with Gasteiger partial charge in [-0.15, -0.1) is 0 Å². The number of nitrogens with one attached hydrogen (secondary N) is 1. The molecule has 138 valence electrons. The van der Waals surface area contributed by atoms with Crippen molar-refractivity contribution in [3.63, 3.8) is 0 Å². The molecule has 0 aliphatic heterocycles. The van der Waals surface area contributed by atoms with Crippen LogP contribution in [0.2, 0.25) is 0 Å². The molecule has 0 atom stereocenters. The molecular formula is C18H14F2N4O3. The van der Waals surface area contributed by atoms with Gasteiger partial charge in [0.1, 0.15) is 0 Å². The highest BCUT2D eigenvalue weighted by Crippen LogP contribution is 2.17. The SMILES string of the molecule is COc1cc(=O)c(C(=O)NCc2cccnc2)nn1-c1ccc(F)c(F)c1. The Balaban J connectivity index is 1.95. The van der Waals surface area contributed by atoms with Crippen LogP contribution in [0, 0.1) is 11.6 Å². The second-order valence-corrected chi connectivity index (χ2v) is 5.45. The normalized spacial score (nSPS) is 10.5. The summed E-state index contributed by atoms with van der Waals surface area (Å²) in [5.74, 6) is -2.89. The molecular weight excluding hydrogens is 358 g/mol. The molecule has 0 fully saturated rings. The molecule has 0 unspecified atom stereocenters. The summed E-state index contributed by atoms with van der Waals surface area (Å²) in [6, 6.07) is 7.55. The summed E-state index contributed by atoms with van der Waals surface area (Å²) in [5, 5.41) is 6.52. The Morgan fingerprint density at radius 3 is 2.70 bits per heavy atom. The summed E-state index contributed by atoms with van der Waals surface area (Å²) < 4.78 is 32.8. The predicted octanol–water partition coefficient (Wildman–Crippen LogP) is 1.84. The van der Waals surface area contributed by atoms with E-state index in [-0.39, 0.29) is 18.1 Å². The van der Waals surface area contributed by atoms with Gasteiger partial charge in [-0.3, -0.25) is 14.6 Å². The molecule has 7 nitrogen and oxygen atoms in total. The first-order valence-corrected chi connectivity index (χ1v) is 7.80. The van der Waals surface area contributed by atoms with Gasteiger partial charge in [-0.25, -0.2) is 13.5 Å². The fourth-order valence-corrected chi connectivity index (χ4v) is 2.31. The maximum absolute atomic E-state index is 13.5. The molecule has 0 radical (unpaired) electrons. The van der Waals surface area contributed by atoms with E-state index in [1.165, 1.54) is 13.2 Å². The van der Waals surface area contributed by atoms with Crippen LogP contribution in [0.15, 0.2) is 53.6 Å². The lowest BCUT2D eigenvalue weighted by Gasteiger charge is -2.13. The van der Waals surface area contributed by atoms with Crippen molar-refractivity contribution in [3.05, 3.63) is 81.9 Å². The average molecular weight is 372 g/mol. The zero-order valence-electron chi connectivity index (χ0n) is 14.1. The van der Waals surface area contributed by atoms with Crippen molar-refractivity contribution in [1.82, 2.24) is 20.1 Å². The maximum Gasteiger partial charge on any atom is 0.276 e. The highest BCUT2D eigenvalue weighted by Gasteiger charge is 2.17. The molecule has 0 saturated carbocycles. The van der Waals surface area contributed by atoms with Crippen LogP contribution >= 0.6 is 0 Å². The lowest BCUT2D eigenvalue weighted by atomic mass is 10.2. The summed E-state index contributed by atoms with van der Waals surface area (Å²) in [7, 11) is 1.29. The summed E-state index contributed by atoms with van der Waals surface area (Å²) >= 11 is 0. The van der Waals surface area contributed by atoms with Gasteiger partial charge in [-0.2, -0.15) is 5.10 Å². The van der Waals surface area contributed by atoms with Gasteiger partial charge in [-0.1, -0.05) is 6.07 Å². The van der Waals surface area contributed by atoms with Crippen molar-refractivity contribution in [2.45, 2.75) is 6.54 Å². The van der Waals surface area contributed by atoms with Gasteiger partial charge in [0.25, 0.3) is 5.91 Å². The number of amides is 1. The number of aromatic nitrogens is 3. The zero-order valence-corrected chi connectivity index (χ0v) is 14.1. The molecule has 0 saturated heterocycles. The van der Waals surface area contributed by atoms with E-state index in [0.29, 0.717) is 0 Å². The Kier molecular flexibility index (Phi) is 5.20. The van der Waals surface area contributed by atoms with Crippen LogP contribution in [-0.4, -0.2) is 27.8 Å². The van der Waals surface area contributed by atoms with E-state index < -0.39 is 28.7 Å². The van der Waals surface area contributed by atoms with Crippen molar-refractivity contribution in [1.29, 1.82) is 0 Å². The molecule has 1 aromatic carbocycles. The lowest BCUT2D eigenvalue weighted by Crippen LogP contribution is -2.31. The number of carbonyl (C=O) groups is 1. The first kappa shape index (κ1) is 18.2. The van der Waals surface area contributed by atoms with Gasteiger partial charge >= 0.3 is 0 Å². The number of rotatable bonds is 5. The molecule has 0 aliphatic carbocycles. The zero-order chi connectivity index (χ0) is 19.4. The largest absolute Gasteiger partial charge is 0.481 e. The number of carbonyl (C=O) groups excluding carboxylic acids is 1. The van der Waals surface area contributed by atoms with Crippen molar-refractivity contribution in [2.24, 2.45) is 0 Å². The molecule has 1 amide bonds. The molecule has 0 bridgehead atoms. The van der Waals surface area contributed by atoms with Gasteiger partial charge in [0.05, 0.1) is 18.9 Å². The van der Waals surface area contributed by atoms with E-state index in [9.17, 15) is 18.4 Å². The number of pyridine rings is 1. The van der Waals surface area contributed by atoms with E-state index >= 15 is 0 Å². The Hall–Kier alpha value is -3.62. The number of nitrogens with zero attached hydrogens (tertiary/aromatic N) is 3. The average Bonchev–Trinajstić information content (AvgIpc) is 2.68. The third-order valence-electron chi connectivity index (χ3n) is 3.64. The Bertz CT molecular complexity index is 1040. The minimum absolute atomic E-state index is 0.0326. The van der Waals surface area contributed by atoms with Gasteiger partial charge < -0.3 is 10.1 Å². The van der Waals surface area contributed by atoms with Crippen LogP contribution in [0.5, 0.6) is 5.88 Å². The number of methoxy groups -OCH3 is 1. The van der Waals surface area contributed by atoms with Crippen molar-refractivity contribution in [3.8, 4) is 11.6 Å². The smallest absolute Gasteiger partial charge is 0.276 e. The molecule has 1 N–H and O–H groups in total. The number of hydrogen-bond donors (Lipinski definition) is 1. The van der Waals surface area contributed by atoms with Gasteiger partial charge in [0, 0.05) is 25.0 Å². The maximum atomic E-state index is 13.5. The Morgan fingerprint density at radius 2 is 2.04 bits per heavy atom. The summed E-state index contributed by atoms with van der Waals surface area (Å²) in [4.78, 5) is 28.5. The fourth-order valence-electron chi connectivity index (χ4n) is 2.31. The highest BCUT2D eigenvalue weighted by molar-refractivity contribution is 5.92. The van der Waals surface area contributed by atoms with E-state index in [4.69, 9.17) is 4.74 Å². The minimum atomic E-state index is -1.10. The third-order valence-corrected chi connectivity index (χ3v) is 3.64. The van der Waals surface area contributed by atoms with Crippen molar-refractivity contribution < 1.29 is 18.3 Å². The van der Waals surface area contributed by atoms with Gasteiger partial charge in [0.2, 0.25) is 11.3 Å². The van der Waals surface area contributed by atoms with Crippen LogP contribution in [-0.2, 0) is 6.54 Å². The van der Waals surface area contributed by atoms with E-state index in [2.05, 4.69) is 15.4 Å². The lowest BCUT2D eigenvalue weighted by molar-refractivity contribution is 0.0942. The molecule has 9 heteroatoms. The topological polar surface area (TPSA) is 86.1 Å². The minimum Gasteiger partial charge on any atom is -0.481 e. The number of benzene rings is 1. The monoisotopic (exact) mass is 372 g/mol. The molecule has 3 aromatic rings. The van der Waals surface area contributed by atoms with Crippen LogP contribution < -0.4 is 15.5 Å². The fraction of sp³-hybridized carbons (Fsp3) is 0.111. The summed E-state index contributed by atoms with van der Waals surface area (Å²) in [6.45, 7) is 0.144. The molecule has 3 rings (SSSR count). The van der Waals surface area contributed by atoms with E-state index in [1.54, 1.807) is 24.5 Å². The number of ether oxygens (including phenoxy) is 1. The van der Waals surface area contributed by atoms with Crippen LogP contribution in [0.3, 0.4) is 0 Å². The molecule has 2 aromatic heterocycles. The quantitative estimate of drug-likeness (QED) is 0.739. The molecule has 2 heterocycles. The molecule has 0 aliphatic rings. The van der Waals surface area contributed by atoms with Crippen molar-refractivity contribution in [2.75, 3.05) is 7.11 Å². The first-order chi connectivity index (χ1) is 13.0. The van der Waals surface area contributed by atoms with Crippen molar-refractivity contribution >= 4 is 5.91 Å². The second-order valence-electron chi connectivity index (χ2n) is 5.45. The van der Waals surface area contributed by atoms with Crippen LogP contribution in [0.4, 0.5) is 8.78 Å². The van der Waals surface area contributed by atoms with E-state index in [1.807, 2.05) is 0 Å². The highest BCUT2D eigenvalue weighted by atomic mass is 19.2. The predicted molar refractivity (Wildman–Crippen MR) is 91.7 cm³/mol. The van der Waals surface area contributed by atoms with Crippen LogP contribution in [0.1, 0.15) is 16.1 Å². The number of hydrogen-bond acceptors (Lipinski definition) is 5. The Labute approximate surface area is 152 Å². The van der Waals surface area contributed by atoms with Gasteiger partial charge in [-0.05, 0) is 23.8 Å². The summed E-state index contributed by atoms with van der Waals surface area (Å²) in [6.07, 6.45) is 3.16. The van der Waals surface area contributed by atoms with Gasteiger partial charge in [0.15, 0.2) is 17.3 Å². The molecule has 27 heavy (non-hydrogen) atoms. The summed E-state index contributed by atoms with van der Waals surface area (Å²) in [5.41, 5.74) is -0.258. The van der Waals surface area contributed by atoms with E-state index in [0.717, 1.165) is 28.4 Å². The standard InChI is InChI=1S/C18H14F2N4O3/c1-27-16-8-15(25)17(18(26)22-10-11-3-2-6-21-9-11)23-24(16)12-4-5-13(19)14(20)7-12/h2-9H,10H2,1H3,(H,22,26). The first-order valence-electron chi connectivity index (χ1n) is 7.80. The number of halogens is 2. The third kappa shape index (κ3) is 3.97. The molecule has 0 spiro atoms. The van der Waals surface area contributed by atoms with Crippen LogP contribution in [0.25, 0.3) is 5.69 Å². The Morgan fingerprint density at radius 1 is 1.22 bits per heavy atom.